The van der Waals surface area contributed by atoms with Crippen LogP contribution >= 0.6 is 0 Å². The first-order valence-corrected chi connectivity index (χ1v) is 7.69. The molecule has 0 heterocycles. The van der Waals surface area contributed by atoms with Crippen LogP contribution in [0, 0.1) is 6.92 Å². The van der Waals surface area contributed by atoms with Crippen LogP contribution in [0.4, 0.5) is 0 Å². The van der Waals surface area contributed by atoms with Gasteiger partial charge in [0.25, 0.3) is 5.91 Å². The van der Waals surface area contributed by atoms with Gasteiger partial charge in [-0.3, -0.25) is 4.79 Å². The quantitative estimate of drug-likeness (QED) is 0.625. The lowest BCUT2D eigenvalue weighted by atomic mass is 10.1. The third-order valence-electron chi connectivity index (χ3n) is 3.48. The van der Waals surface area contributed by atoms with E-state index in [1.807, 2.05) is 61.5 Å². The summed E-state index contributed by atoms with van der Waals surface area (Å²) < 4.78 is 0. The third-order valence-corrected chi connectivity index (χ3v) is 3.48. The highest BCUT2D eigenvalue weighted by Crippen LogP contribution is 2.08. The van der Waals surface area contributed by atoms with Gasteiger partial charge in [0.2, 0.25) is 0 Å². The van der Waals surface area contributed by atoms with Crippen LogP contribution in [-0.2, 0) is 0 Å². The molecule has 0 bridgehead atoms. The summed E-state index contributed by atoms with van der Waals surface area (Å²) in [5.74, 6) is -0.176. The summed E-state index contributed by atoms with van der Waals surface area (Å²) >= 11 is 0. The molecule has 0 aliphatic rings. The highest BCUT2D eigenvalue weighted by Gasteiger charge is 2.06. The summed E-state index contributed by atoms with van der Waals surface area (Å²) in [7, 11) is 0. The molecular weight excluding hydrogens is 272 g/mol. The number of benzene rings is 2. The van der Waals surface area contributed by atoms with Gasteiger partial charge >= 0.3 is 0 Å². The van der Waals surface area contributed by atoms with Gasteiger partial charge in [0.05, 0.1) is 5.71 Å². The number of aryl methyl sites for hydroxylation is 1. The van der Waals surface area contributed by atoms with Gasteiger partial charge in [-0.15, -0.1) is 0 Å². The molecule has 1 N–H and O–H groups in total. The first-order valence-electron chi connectivity index (χ1n) is 7.69. The van der Waals surface area contributed by atoms with Crippen LogP contribution in [0.1, 0.15) is 47.7 Å². The Bertz CT molecular complexity index is 630. The van der Waals surface area contributed by atoms with Gasteiger partial charge < -0.3 is 0 Å². The Morgan fingerprint density at radius 1 is 1.00 bits per heavy atom. The van der Waals surface area contributed by atoms with Crippen molar-refractivity contribution < 1.29 is 4.79 Å². The monoisotopic (exact) mass is 294 g/mol. The minimum Gasteiger partial charge on any atom is -0.267 e. The lowest BCUT2D eigenvalue weighted by Gasteiger charge is -2.07. The molecule has 0 fully saturated rings. The van der Waals surface area contributed by atoms with Crippen molar-refractivity contribution in [3.05, 3.63) is 71.3 Å². The average molecular weight is 294 g/mol. The van der Waals surface area contributed by atoms with E-state index < -0.39 is 0 Å². The molecule has 0 saturated carbocycles. The van der Waals surface area contributed by atoms with Gasteiger partial charge in [0.15, 0.2) is 0 Å². The smallest absolute Gasteiger partial charge is 0.267 e. The van der Waals surface area contributed by atoms with Crippen molar-refractivity contribution in [2.24, 2.45) is 5.10 Å². The molecule has 2 aromatic carbocycles. The molecule has 0 unspecified atom stereocenters. The van der Waals surface area contributed by atoms with Crippen molar-refractivity contribution in [2.75, 3.05) is 0 Å². The highest BCUT2D eigenvalue weighted by atomic mass is 16.2. The number of hydrogen-bond donors (Lipinski definition) is 1. The second kappa shape index (κ2) is 8.13. The Balaban J connectivity index is 2.12. The number of nitrogens with one attached hydrogen (secondary N) is 1. The zero-order valence-electron chi connectivity index (χ0n) is 13.2. The van der Waals surface area contributed by atoms with Crippen LogP contribution < -0.4 is 5.43 Å². The minimum absolute atomic E-state index is 0.176. The molecule has 0 aromatic heterocycles. The molecule has 3 heteroatoms. The highest BCUT2D eigenvalue weighted by molar-refractivity contribution is 6.02. The lowest BCUT2D eigenvalue weighted by Crippen LogP contribution is -2.20. The molecule has 1 amide bonds. The second-order valence-corrected chi connectivity index (χ2v) is 5.34. The van der Waals surface area contributed by atoms with Crippen molar-refractivity contribution in [2.45, 2.75) is 33.1 Å². The number of carbonyl (C=O) groups is 1. The maximum absolute atomic E-state index is 12.1. The van der Waals surface area contributed by atoms with Gasteiger partial charge in [0, 0.05) is 5.56 Å². The van der Waals surface area contributed by atoms with E-state index in [0.717, 1.165) is 36.1 Å². The number of carbonyl (C=O) groups excluding carboxylic acids is 1. The third kappa shape index (κ3) is 4.55. The van der Waals surface area contributed by atoms with E-state index in [1.165, 1.54) is 0 Å². The van der Waals surface area contributed by atoms with Gasteiger partial charge in [0.1, 0.15) is 0 Å². The number of nitrogens with zero attached hydrogens (tertiary/aromatic N) is 1. The molecule has 0 atom stereocenters. The zero-order chi connectivity index (χ0) is 15.8. The van der Waals surface area contributed by atoms with Gasteiger partial charge in [-0.05, 0) is 37.5 Å². The second-order valence-electron chi connectivity index (χ2n) is 5.34. The maximum Gasteiger partial charge on any atom is 0.271 e. The van der Waals surface area contributed by atoms with Gasteiger partial charge in [-0.2, -0.15) is 5.10 Å². The summed E-state index contributed by atoms with van der Waals surface area (Å²) in [6.07, 6.45) is 3.00. The largest absolute Gasteiger partial charge is 0.271 e. The van der Waals surface area contributed by atoms with E-state index in [9.17, 15) is 4.79 Å². The van der Waals surface area contributed by atoms with E-state index in [1.54, 1.807) is 0 Å². The van der Waals surface area contributed by atoms with Crippen molar-refractivity contribution in [1.29, 1.82) is 0 Å². The first kappa shape index (κ1) is 16.0. The van der Waals surface area contributed by atoms with E-state index in [-0.39, 0.29) is 5.91 Å². The van der Waals surface area contributed by atoms with E-state index >= 15 is 0 Å². The Morgan fingerprint density at radius 2 is 1.68 bits per heavy atom. The Labute approximate surface area is 132 Å². The Morgan fingerprint density at radius 3 is 2.32 bits per heavy atom. The zero-order valence-corrected chi connectivity index (χ0v) is 13.2. The number of hydrogen-bond acceptors (Lipinski definition) is 2. The van der Waals surface area contributed by atoms with Gasteiger partial charge in [-0.25, -0.2) is 5.43 Å². The molecule has 0 aliphatic heterocycles. The molecule has 22 heavy (non-hydrogen) atoms. The molecule has 0 radical (unpaired) electrons. The van der Waals surface area contributed by atoms with Gasteiger partial charge in [-0.1, -0.05) is 61.4 Å². The summed E-state index contributed by atoms with van der Waals surface area (Å²) in [6, 6.07) is 17.5. The van der Waals surface area contributed by atoms with Crippen LogP contribution in [0.5, 0.6) is 0 Å². The molecule has 0 spiro atoms. The van der Waals surface area contributed by atoms with Crippen LogP contribution in [0.3, 0.4) is 0 Å². The predicted molar refractivity (Wildman–Crippen MR) is 91.1 cm³/mol. The molecule has 2 rings (SSSR count). The number of hydrazone groups is 1. The van der Waals surface area contributed by atoms with Crippen molar-refractivity contribution in [3.63, 3.8) is 0 Å². The average Bonchev–Trinajstić information content (AvgIpc) is 2.56. The lowest BCUT2D eigenvalue weighted by molar-refractivity contribution is 0.0955. The van der Waals surface area contributed by atoms with Crippen LogP contribution in [0.2, 0.25) is 0 Å². The molecule has 0 aliphatic carbocycles. The fourth-order valence-corrected chi connectivity index (χ4v) is 2.13. The molecule has 0 saturated heterocycles. The van der Waals surface area contributed by atoms with Crippen LogP contribution in [0.15, 0.2) is 59.7 Å². The molecule has 3 nitrogen and oxygen atoms in total. The SMILES string of the molecule is CCCCC(=NNC(=O)c1ccc(C)cc1)c1ccccc1. The van der Waals surface area contributed by atoms with Crippen LogP contribution in [0.25, 0.3) is 0 Å². The number of amides is 1. The standard InChI is InChI=1S/C19H22N2O/c1-3-4-10-18(16-8-6-5-7-9-16)20-21-19(22)17-13-11-15(2)12-14-17/h5-9,11-14H,3-4,10H2,1-2H3,(H,21,22). The minimum atomic E-state index is -0.176. The van der Waals surface area contributed by atoms with Crippen molar-refractivity contribution in [3.8, 4) is 0 Å². The van der Waals surface area contributed by atoms with E-state index in [0.29, 0.717) is 5.56 Å². The Hall–Kier alpha value is -2.42. The number of unbranched alkanes of at least 4 members (excludes halogenated alkanes) is 1. The van der Waals surface area contributed by atoms with Crippen molar-refractivity contribution >= 4 is 11.6 Å². The fraction of sp³-hybridized carbons (Fsp3) is 0.263. The van der Waals surface area contributed by atoms with E-state index in [2.05, 4.69) is 17.5 Å². The van der Waals surface area contributed by atoms with E-state index in [4.69, 9.17) is 0 Å². The van der Waals surface area contributed by atoms with Crippen LogP contribution in [-0.4, -0.2) is 11.6 Å². The Kier molecular flexibility index (Phi) is 5.90. The number of rotatable bonds is 6. The summed E-state index contributed by atoms with van der Waals surface area (Å²) in [6.45, 7) is 4.14. The molecular formula is C19H22N2O. The predicted octanol–water partition coefficient (Wildman–Crippen LogP) is 4.32. The molecule has 114 valence electrons. The fourth-order valence-electron chi connectivity index (χ4n) is 2.13. The normalized spacial score (nSPS) is 11.3. The first-order chi connectivity index (χ1) is 10.7. The van der Waals surface area contributed by atoms with Crippen molar-refractivity contribution in [1.82, 2.24) is 5.43 Å². The summed E-state index contributed by atoms with van der Waals surface area (Å²) in [5, 5.41) is 4.35. The topological polar surface area (TPSA) is 41.5 Å². The molecule has 2 aromatic rings. The summed E-state index contributed by atoms with van der Waals surface area (Å²) in [5.41, 5.74) is 6.40. The maximum atomic E-state index is 12.1. The summed E-state index contributed by atoms with van der Waals surface area (Å²) in [4.78, 5) is 12.1.